The Morgan fingerprint density at radius 2 is 2.00 bits per heavy atom. The number of hydrazone groups is 1. The Bertz CT molecular complexity index is 714. The number of nitrogens with zero attached hydrogens (tertiary/aromatic N) is 3. The lowest BCUT2D eigenvalue weighted by atomic mass is 10.1. The van der Waals surface area contributed by atoms with E-state index in [2.05, 4.69) is 5.10 Å². The van der Waals surface area contributed by atoms with Crippen molar-refractivity contribution in [2.45, 2.75) is 52.1 Å². The van der Waals surface area contributed by atoms with E-state index in [9.17, 15) is 14.7 Å². The molecule has 1 saturated heterocycles. The van der Waals surface area contributed by atoms with Gasteiger partial charge in [-0.15, -0.1) is 0 Å². The molecular weight excluding hydrogens is 318 g/mol. The van der Waals surface area contributed by atoms with Gasteiger partial charge in [0.25, 0.3) is 5.91 Å². The molecule has 2 aliphatic rings. The SMILES string of the molecule is Cc1ccc(C)c(N2N=C(C(=O)N3CCC[C@H](O)CC3)CCC2=O)c1. The molecule has 134 valence electrons. The van der Waals surface area contributed by atoms with Crippen LogP contribution in [0.5, 0.6) is 0 Å². The van der Waals surface area contributed by atoms with Crippen LogP contribution < -0.4 is 5.01 Å². The van der Waals surface area contributed by atoms with Crippen LogP contribution >= 0.6 is 0 Å². The highest BCUT2D eigenvalue weighted by Gasteiger charge is 2.29. The quantitative estimate of drug-likeness (QED) is 0.894. The lowest BCUT2D eigenvalue weighted by Gasteiger charge is -2.27. The fourth-order valence-electron chi connectivity index (χ4n) is 3.31. The van der Waals surface area contributed by atoms with Crippen LogP contribution in [0.3, 0.4) is 0 Å². The summed E-state index contributed by atoms with van der Waals surface area (Å²) >= 11 is 0. The molecular formula is C19H25N3O3. The summed E-state index contributed by atoms with van der Waals surface area (Å²) in [5, 5.41) is 15.5. The second kappa shape index (κ2) is 7.35. The Hall–Kier alpha value is -2.21. The third kappa shape index (κ3) is 3.90. The Labute approximate surface area is 148 Å². The van der Waals surface area contributed by atoms with Gasteiger partial charge >= 0.3 is 0 Å². The van der Waals surface area contributed by atoms with E-state index in [0.717, 1.165) is 29.7 Å². The van der Waals surface area contributed by atoms with Crippen molar-refractivity contribution < 1.29 is 14.7 Å². The van der Waals surface area contributed by atoms with Crippen LogP contribution in [-0.2, 0) is 9.59 Å². The average Bonchev–Trinajstić information content (AvgIpc) is 2.82. The first-order valence-electron chi connectivity index (χ1n) is 8.90. The molecule has 6 nitrogen and oxygen atoms in total. The Morgan fingerprint density at radius 3 is 2.80 bits per heavy atom. The molecule has 1 N–H and O–H groups in total. The fourth-order valence-corrected chi connectivity index (χ4v) is 3.31. The number of carbonyl (C=O) groups excluding carboxylic acids is 2. The monoisotopic (exact) mass is 343 g/mol. The minimum atomic E-state index is -0.334. The van der Waals surface area contributed by atoms with Gasteiger partial charge in [0.15, 0.2) is 0 Å². The number of amides is 2. The van der Waals surface area contributed by atoms with Crippen LogP contribution in [0.15, 0.2) is 23.3 Å². The van der Waals surface area contributed by atoms with Crippen molar-refractivity contribution in [1.29, 1.82) is 0 Å². The summed E-state index contributed by atoms with van der Waals surface area (Å²) in [5.41, 5.74) is 3.16. The number of likely N-dealkylation sites (tertiary alicyclic amines) is 1. The molecule has 1 aromatic carbocycles. The summed E-state index contributed by atoms with van der Waals surface area (Å²) in [6, 6.07) is 5.87. The maximum atomic E-state index is 12.8. The van der Waals surface area contributed by atoms with E-state index in [-0.39, 0.29) is 24.3 Å². The number of hydrogen-bond acceptors (Lipinski definition) is 4. The molecule has 3 rings (SSSR count). The van der Waals surface area contributed by atoms with Gasteiger partial charge in [-0.3, -0.25) is 9.59 Å². The van der Waals surface area contributed by atoms with Crippen LogP contribution in [0.1, 0.15) is 43.2 Å². The molecule has 0 spiro atoms. The second-order valence-electron chi connectivity index (χ2n) is 6.92. The van der Waals surface area contributed by atoms with E-state index >= 15 is 0 Å². The summed E-state index contributed by atoms with van der Waals surface area (Å²) in [6.45, 7) is 5.07. The molecule has 2 heterocycles. The maximum Gasteiger partial charge on any atom is 0.270 e. The first-order chi connectivity index (χ1) is 12.0. The highest BCUT2D eigenvalue weighted by molar-refractivity contribution is 6.40. The number of hydrogen-bond donors (Lipinski definition) is 1. The molecule has 2 aliphatic heterocycles. The molecule has 1 atom stereocenters. The van der Waals surface area contributed by atoms with Crippen molar-refractivity contribution in [3.63, 3.8) is 0 Å². The van der Waals surface area contributed by atoms with Gasteiger partial charge in [0.1, 0.15) is 5.71 Å². The van der Waals surface area contributed by atoms with E-state index in [1.807, 2.05) is 32.0 Å². The van der Waals surface area contributed by atoms with E-state index in [1.165, 1.54) is 5.01 Å². The van der Waals surface area contributed by atoms with Crippen molar-refractivity contribution in [2.24, 2.45) is 5.10 Å². The van der Waals surface area contributed by atoms with Crippen molar-refractivity contribution >= 4 is 23.2 Å². The summed E-state index contributed by atoms with van der Waals surface area (Å²) in [7, 11) is 0. The number of aliphatic hydroxyl groups is 1. The van der Waals surface area contributed by atoms with Gasteiger partial charge in [0.05, 0.1) is 11.8 Å². The van der Waals surface area contributed by atoms with Crippen LogP contribution in [0.25, 0.3) is 0 Å². The number of benzene rings is 1. The van der Waals surface area contributed by atoms with Gasteiger partial charge in [0, 0.05) is 25.9 Å². The molecule has 1 fully saturated rings. The van der Waals surface area contributed by atoms with E-state index in [1.54, 1.807) is 4.90 Å². The number of aliphatic hydroxyl groups excluding tert-OH is 1. The third-order valence-electron chi connectivity index (χ3n) is 4.86. The first-order valence-corrected chi connectivity index (χ1v) is 8.90. The fraction of sp³-hybridized carbons (Fsp3) is 0.526. The number of rotatable bonds is 2. The zero-order valence-electron chi connectivity index (χ0n) is 14.9. The third-order valence-corrected chi connectivity index (χ3v) is 4.86. The molecule has 0 aliphatic carbocycles. The Kier molecular flexibility index (Phi) is 5.18. The van der Waals surface area contributed by atoms with Gasteiger partial charge in [-0.25, -0.2) is 5.01 Å². The summed E-state index contributed by atoms with van der Waals surface area (Å²) in [6.07, 6.45) is 2.44. The first kappa shape index (κ1) is 17.6. The summed E-state index contributed by atoms with van der Waals surface area (Å²) in [4.78, 5) is 26.9. The summed E-state index contributed by atoms with van der Waals surface area (Å²) in [5.74, 6) is -0.201. The van der Waals surface area contributed by atoms with Gasteiger partial charge in [-0.1, -0.05) is 12.1 Å². The molecule has 0 aromatic heterocycles. The van der Waals surface area contributed by atoms with Gasteiger partial charge in [-0.2, -0.15) is 5.10 Å². The molecule has 6 heteroatoms. The minimum absolute atomic E-state index is 0.0865. The van der Waals surface area contributed by atoms with Crippen LogP contribution in [0.4, 0.5) is 5.69 Å². The smallest absolute Gasteiger partial charge is 0.270 e. The van der Waals surface area contributed by atoms with Crippen molar-refractivity contribution in [3.05, 3.63) is 29.3 Å². The normalized spacial score (nSPS) is 21.8. The van der Waals surface area contributed by atoms with Crippen LogP contribution in [-0.4, -0.2) is 46.7 Å². The van der Waals surface area contributed by atoms with Crippen LogP contribution in [0.2, 0.25) is 0 Å². The van der Waals surface area contributed by atoms with Crippen molar-refractivity contribution in [3.8, 4) is 0 Å². The van der Waals surface area contributed by atoms with E-state index in [0.29, 0.717) is 31.6 Å². The lowest BCUT2D eigenvalue weighted by Crippen LogP contribution is -2.42. The van der Waals surface area contributed by atoms with Gasteiger partial charge in [-0.05, 0) is 50.3 Å². The largest absolute Gasteiger partial charge is 0.393 e. The molecule has 0 unspecified atom stereocenters. The lowest BCUT2D eigenvalue weighted by molar-refractivity contribution is -0.124. The highest BCUT2D eigenvalue weighted by atomic mass is 16.3. The van der Waals surface area contributed by atoms with Gasteiger partial charge < -0.3 is 10.0 Å². The topological polar surface area (TPSA) is 73.2 Å². The van der Waals surface area contributed by atoms with Crippen molar-refractivity contribution in [1.82, 2.24) is 4.90 Å². The van der Waals surface area contributed by atoms with Crippen molar-refractivity contribution in [2.75, 3.05) is 18.1 Å². The molecule has 0 radical (unpaired) electrons. The zero-order valence-corrected chi connectivity index (χ0v) is 14.9. The number of carbonyl (C=O) groups is 2. The Balaban J connectivity index is 1.85. The Morgan fingerprint density at radius 1 is 1.20 bits per heavy atom. The predicted molar refractivity (Wildman–Crippen MR) is 96.5 cm³/mol. The summed E-state index contributed by atoms with van der Waals surface area (Å²) < 4.78 is 0. The molecule has 2 amide bonds. The molecule has 0 bridgehead atoms. The number of aryl methyl sites for hydroxylation is 2. The molecule has 0 saturated carbocycles. The minimum Gasteiger partial charge on any atom is -0.393 e. The maximum absolute atomic E-state index is 12.8. The molecule has 25 heavy (non-hydrogen) atoms. The standard InChI is InChI=1S/C19H25N3O3/c1-13-5-6-14(2)17(12-13)22-18(24)8-7-16(20-22)19(25)21-10-3-4-15(23)9-11-21/h5-6,12,15,23H,3-4,7-11H2,1-2H3/t15-/m0/s1. The predicted octanol–water partition coefficient (Wildman–Crippen LogP) is 2.16. The molecule has 1 aromatic rings. The van der Waals surface area contributed by atoms with Gasteiger partial charge in [0.2, 0.25) is 5.91 Å². The van der Waals surface area contributed by atoms with Crippen LogP contribution in [0, 0.1) is 13.8 Å². The van der Waals surface area contributed by atoms with E-state index in [4.69, 9.17) is 0 Å². The number of anilines is 1. The second-order valence-corrected chi connectivity index (χ2v) is 6.92. The zero-order chi connectivity index (χ0) is 18.0. The van der Waals surface area contributed by atoms with E-state index < -0.39 is 0 Å². The highest BCUT2D eigenvalue weighted by Crippen LogP contribution is 2.26. The average molecular weight is 343 g/mol.